The molecule has 0 spiro atoms. The topological polar surface area (TPSA) is 38.0 Å². The van der Waals surface area contributed by atoms with Gasteiger partial charge in [-0.3, -0.25) is 11.3 Å². The van der Waals surface area contributed by atoms with Gasteiger partial charge in [-0.15, -0.1) is 0 Å². The molecule has 2 nitrogen and oxygen atoms in total. The highest BCUT2D eigenvalue weighted by Crippen LogP contribution is 2.13. The van der Waals surface area contributed by atoms with E-state index < -0.39 is 0 Å². The van der Waals surface area contributed by atoms with Gasteiger partial charge < -0.3 is 0 Å². The number of hydrazine groups is 1. The summed E-state index contributed by atoms with van der Waals surface area (Å²) in [6.07, 6.45) is 2.42. The quantitative estimate of drug-likeness (QED) is 0.626. The molecule has 0 radical (unpaired) electrons. The molecule has 1 unspecified atom stereocenters. The Bertz CT molecular complexity index is 554. The maximum absolute atomic E-state index is 13.6. The lowest BCUT2D eigenvalue weighted by Gasteiger charge is -2.16. The number of halogens is 1. The van der Waals surface area contributed by atoms with Gasteiger partial charge in [-0.1, -0.05) is 48.0 Å². The summed E-state index contributed by atoms with van der Waals surface area (Å²) in [5.41, 5.74) is 6.05. The van der Waals surface area contributed by atoms with Crippen LogP contribution in [0.15, 0.2) is 48.5 Å². The van der Waals surface area contributed by atoms with Crippen LogP contribution in [0.5, 0.6) is 0 Å². The molecule has 106 valence electrons. The van der Waals surface area contributed by atoms with Gasteiger partial charge in [0.05, 0.1) is 0 Å². The monoisotopic (exact) mass is 272 g/mol. The predicted molar refractivity (Wildman–Crippen MR) is 80.7 cm³/mol. The second kappa shape index (κ2) is 7.17. The van der Waals surface area contributed by atoms with E-state index in [2.05, 4.69) is 36.6 Å². The fourth-order valence-corrected chi connectivity index (χ4v) is 2.38. The number of benzene rings is 2. The maximum Gasteiger partial charge on any atom is 0.126 e. The van der Waals surface area contributed by atoms with Gasteiger partial charge in [0.2, 0.25) is 0 Å². The number of aryl methyl sites for hydroxylation is 2. The molecule has 0 saturated heterocycles. The van der Waals surface area contributed by atoms with E-state index in [0.717, 1.165) is 12.8 Å². The highest BCUT2D eigenvalue weighted by atomic mass is 19.1. The number of nitrogens with two attached hydrogens (primary N) is 1. The van der Waals surface area contributed by atoms with Crippen molar-refractivity contribution in [2.24, 2.45) is 5.84 Å². The van der Waals surface area contributed by atoms with Crippen LogP contribution in [0.2, 0.25) is 0 Å². The molecule has 0 saturated carbocycles. The summed E-state index contributed by atoms with van der Waals surface area (Å²) in [5.74, 6) is 5.43. The van der Waals surface area contributed by atoms with Gasteiger partial charge in [0.1, 0.15) is 5.82 Å². The molecule has 0 aliphatic rings. The Morgan fingerprint density at radius 2 is 1.95 bits per heavy atom. The Morgan fingerprint density at radius 3 is 2.65 bits per heavy atom. The number of hydrogen-bond donors (Lipinski definition) is 2. The highest BCUT2D eigenvalue weighted by Gasteiger charge is 2.10. The summed E-state index contributed by atoms with van der Waals surface area (Å²) < 4.78 is 13.6. The van der Waals surface area contributed by atoms with E-state index in [1.54, 1.807) is 6.07 Å². The van der Waals surface area contributed by atoms with Gasteiger partial charge in [-0.25, -0.2) is 4.39 Å². The molecule has 2 rings (SSSR count). The summed E-state index contributed by atoms with van der Waals surface area (Å²) in [6.45, 7) is 2.08. The van der Waals surface area contributed by atoms with Crippen LogP contribution in [-0.2, 0) is 12.8 Å². The second-order valence-electron chi connectivity index (χ2n) is 5.19. The van der Waals surface area contributed by atoms with Crippen LogP contribution >= 0.6 is 0 Å². The van der Waals surface area contributed by atoms with Crippen LogP contribution in [0, 0.1) is 12.7 Å². The number of hydrogen-bond acceptors (Lipinski definition) is 2. The molecular weight excluding hydrogens is 251 g/mol. The van der Waals surface area contributed by atoms with Crippen molar-refractivity contribution < 1.29 is 4.39 Å². The molecule has 0 aromatic heterocycles. The van der Waals surface area contributed by atoms with Gasteiger partial charge in [-0.05, 0) is 43.4 Å². The molecule has 0 aliphatic heterocycles. The zero-order valence-corrected chi connectivity index (χ0v) is 11.8. The fourth-order valence-electron chi connectivity index (χ4n) is 2.38. The van der Waals surface area contributed by atoms with Crippen LogP contribution in [0.1, 0.15) is 23.1 Å². The molecule has 0 heterocycles. The van der Waals surface area contributed by atoms with Crippen molar-refractivity contribution in [3.63, 3.8) is 0 Å². The number of nitrogens with one attached hydrogen (secondary N) is 1. The lowest BCUT2D eigenvalue weighted by Crippen LogP contribution is -2.37. The van der Waals surface area contributed by atoms with Gasteiger partial charge in [-0.2, -0.15) is 0 Å². The van der Waals surface area contributed by atoms with Crippen molar-refractivity contribution in [3.8, 4) is 0 Å². The molecule has 2 aromatic carbocycles. The van der Waals surface area contributed by atoms with E-state index in [-0.39, 0.29) is 11.9 Å². The van der Waals surface area contributed by atoms with E-state index in [0.29, 0.717) is 12.0 Å². The van der Waals surface area contributed by atoms with Crippen molar-refractivity contribution in [1.29, 1.82) is 0 Å². The van der Waals surface area contributed by atoms with E-state index in [9.17, 15) is 4.39 Å². The van der Waals surface area contributed by atoms with Gasteiger partial charge in [0.25, 0.3) is 0 Å². The second-order valence-corrected chi connectivity index (χ2v) is 5.19. The Hall–Kier alpha value is -1.71. The molecule has 0 fully saturated rings. The van der Waals surface area contributed by atoms with E-state index in [1.807, 2.05) is 12.1 Å². The molecule has 0 amide bonds. The fraction of sp³-hybridized carbons (Fsp3) is 0.294. The zero-order chi connectivity index (χ0) is 14.4. The van der Waals surface area contributed by atoms with Crippen LogP contribution in [0.3, 0.4) is 0 Å². The summed E-state index contributed by atoms with van der Waals surface area (Å²) >= 11 is 0. The van der Waals surface area contributed by atoms with E-state index >= 15 is 0 Å². The molecule has 0 aliphatic carbocycles. The Labute approximate surface area is 119 Å². The van der Waals surface area contributed by atoms with Crippen molar-refractivity contribution in [1.82, 2.24) is 5.43 Å². The molecular formula is C17H21FN2. The molecule has 20 heavy (non-hydrogen) atoms. The standard InChI is InChI=1S/C17H21FN2/c1-13-5-4-6-14(11-13)9-10-16(20-19)12-15-7-2-3-8-17(15)18/h2-8,11,16,20H,9-10,12,19H2,1H3. The van der Waals surface area contributed by atoms with Crippen molar-refractivity contribution in [2.75, 3.05) is 0 Å². The molecule has 3 heteroatoms. The Kier molecular flexibility index (Phi) is 5.27. The minimum absolute atomic E-state index is 0.0763. The van der Waals surface area contributed by atoms with Gasteiger partial charge in [0, 0.05) is 6.04 Å². The third kappa shape index (κ3) is 4.15. The van der Waals surface area contributed by atoms with Crippen molar-refractivity contribution >= 4 is 0 Å². The molecule has 1 atom stereocenters. The van der Waals surface area contributed by atoms with E-state index in [1.165, 1.54) is 17.2 Å². The lowest BCUT2D eigenvalue weighted by atomic mass is 9.98. The smallest absolute Gasteiger partial charge is 0.126 e. The van der Waals surface area contributed by atoms with Gasteiger partial charge in [0.15, 0.2) is 0 Å². The summed E-state index contributed by atoms with van der Waals surface area (Å²) in [7, 11) is 0. The van der Waals surface area contributed by atoms with E-state index in [4.69, 9.17) is 5.84 Å². The average molecular weight is 272 g/mol. The molecule has 0 bridgehead atoms. The van der Waals surface area contributed by atoms with Crippen LogP contribution < -0.4 is 11.3 Å². The lowest BCUT2D eigenvalue weighted by molar-refractivity contribution is 0.480. The normalized spacial score (nSPS) is 12.3. The first-order chi connectivity index (χ1) is 9.69. The third-order valence-corrected chi connectivity index (χ3v) is 3.52. The largest absolute Gasteiger partial charge is 0.271 e. The van der Waals surface area contributed by atoms with Gasteiger partial charge >= 0.3 is 0 Å². The summed E-state index contributed by atoms with van der Waals surface area (Å²) in [6, 6.07) is 15.4. The van der Waals surface area contributed by atoms with Crippen molar-refractivity contribution in [2.45, 2.75) is 32.2 Å². The first-order valence-electron chi connectivity index (χ1n) is 6.94. The molecule has 3 N–H and O–H groups in total. The maximum atomic E-state index is 13.6. The minimum Gasteiger partial charge on any atom is -0.271 e. The highest BCUT2D eigenvalue weighted by molar-refractivity contribution is 5.23. The summed E-state index contributed by atoms with van der Waals surface area (Å²) in [4.78, 5) is 0. The Morgan fingerprint density at radius 1 is 1.15 bits per heavy atom. The predicted octanol–water partition coefficient (Wildman–Crippen LogP) is 3.14. The Balaban J connectivity index is 1.94. The average Bonchev–Trinajstić information content (AvgIpc) is 2.45. The first-order valence-corrected chi connectivity index (χ1v) is 6.94. The van der Waals surface area contributed by atoms with Crippen LogP contribution in [0.4, 0.5) is 4.39 Å². The zero-order valence-electron chi connectivity index (χ0n) is 11.8. The third-order valence-electron chi connectivity index (χ3n) is 3.52. The summed E-state index contributed by atoms with van der Waals surface area (Å²) in [5, 5.41) is 0. The minimum atomic E-state index is -0.164. The SMILES string of the molecule is Cc1cccc(CCC(Cc2ccccc2F)NN)c1. The number of rotatable bonds is 6. The first kappa shape index (κ1) is 14.7. The van der Waals surface area contributed by atoms with Crippen molar-refractivity contribution in [3.05, 3.63) is 71.0 Å². The molecule has 2 aromatic rings. The van der Waals surface area contributed by atoms with Crippen LogP contribution in [0.25, 0.3) is 0 Å². The van der Waals surface area contributed by atoms with Crippen LogP contribution in [-0.4, -0.2) is 6.04 Å².